The molecule has 3 aromatic rings. The van der Waals surface area contributed by atoms with Crippen molar-refractivity contribution in [1.29, 1.82) is 0 Å². The van der Waals surface area contributed by atoms with E-state index in [1.54, 1.807) is 17.0 Å². The summed E-state index contributed by atoms with van der Waals surface area (Å²) in [7, 11) is 0. The number of piperazine rings is 1. The molecule has 28 heavy (non-hydrogen) atoms. The molecule has 0 bridgehead atoms. The first-order chi connectivity index (χ1) is 13.6. The molecule has 1 saturated heterocycles. The highest BCUT2D eigenvalue weighted by Gasteiger charge is 2.18. The van der Waals surface area contributed by atoms with E-state index >= 15 is 0 Å². The van der Waals surface area contributed by atoms with E-state index in [4.69, 9.17) is 4.42 Å². The number of hydrogen-bond donors (Lipinski definition) is 3. The maximum absolute atomic E-state index is 11.8. The molecule has 1 aliphatic rings. The zero-order chi connectivity index (χ0) is 19.5. The van der Waals surface area contributed by atoms with Crippen LogP contribution in [0.25, 0.3) is 11.0 Å². The lowest BCUT2D eigenvalue weighted by Gasteiger charge is -2.33. The number of anilines is 2. The van der Waals surface area contributed by atoms with Crippen molar-refractivity contribution in [3.8, 4) is 5.75 Å². The van der Waals surface area contributed by atoms with Crippen LogP contribution in [-0.4, -0.2) is 37.8 Å². The molecule has 4 rings (SSSR count). The van der Waals surface area contributed by atoms with E-state index in [2.05, 4.69) is 41.4 Å². The van der Waals surface area contributed by atoms with Gasteiger partial charge in [-0.05, 0) is 48.9 Å². The first kappa shape index (κ1) is 18.4. The Morgan fingerprint density at radius 1 is 1.11 bits per heavy atom. The molecule has 0 saturated carbocycles. The van der Waals surface area contributed by atoms with Crippen LogP contribution in [-0.2, 0) is 6.54 Å². The Labute approximate surface area is 164 Å². The largest absolute Gasteiger partial charge is 0.508 e. The molecule has 3 N–H and O–H groups in total. The van der Waals surface area contributed by atoms with Crippen LogP contribution in [0, 0.1) is 0 Å². The number of benzene rings is 2. The molecule has 1 aliphatic heterocycles. The van der Waals surface area contributed by atoms with E-state index in [1.165, 1.54) is 37.5 Å². The van der Waals surface area contributed by atoms with Crippen molar-refractivity contribution in [2.45, 2.75) is 13.5 Å². The zero-order valence-corrected chi connectivity index (χ0v) is 16.1. The van der Waals surface area contributed by atoms with E-state index in [0.29, 0.717) is 12.1 Å². The molecule has 6 nitrogen and oxygen atoms in total. The number of nitrogens with one attached hydrogen (secondary N) is 2. The number of aromatic hydroxyl groups is 1. The Kier molecular flexibility index (Phi) is 5.21. The van der Waals surface area contributed by atoms with Crippen molar-refractivity contribution in [3.63, 3.8) is 0 Å². The van der Waals surface area contributed by atoms with Crippen molar-refractivity contribution in [1.82, 2.24) is 0 Å². The van der Waals surface area contributed by atoms with Crippen LogP contribution in [0.15, 0.2) is 57.7 Å². The smallest absolute Gasteiger partial charge is 0.336 e. The molecule has 2 heterocycles. The number of phenolic OH excluding ortho intramolecular Hbond substituents is 1. The van der Waals surface area contributed by atoms with Crippen molar-refractivity contribution in [2.75, 3.05) is 42.9 Å². The number of phenols is 1. The molecule has 0 spiro atoms. The Bertz CT molecular complexity index is 1010. The number of rotatable bonds is 5. The van der Waals surface area contributed by atoms with Gasteiger partial charge in [0, 0.05) is 35.4 Å². The van der Waals surface area contributed by atoms with Gasteiger partial charge in [-0.25, -0.2) is 4.79 Å². The maximum atomic E-state index is 11.8. The number of quaternary nitrogens is 1. The first-order valence-corrected chi connectivity index (χ1v) is 9.80. The van der Waals surface area contributed by atoms with Gasteiger partial charge in [0.05, 0.1) is 32.7 Å². The second kappa shape index (κ2) is 7.94. The minimum atomic E-state index is -0.418. The van der Waals surface area contributed by atoms with Crippen LogP contribution >= 0.6 is 0 Å². The van der Waals surface area contributed by atoms with E-state index in [-0.39, 0.29) is 5.75 Å². The molecular weight excluding hydrogens is 354 g/mol. The van der Waals surface area contributed by atoms with Crippen LogP contribution in [0.1, 0.15) is 12.5 Å². The quantitative estimate of drug-likeness (QED) is 0.589. The summed E-state index contributed by atoms with van der Waals surface area (Å²) in [5, 5.41) is 13.8. The van der Waals surface area contributed by atoms with Gasteiger partial charge in [-0.1, -0.05) is 0 Å². The Hall–Kier alpha value is -2.99. The van der Waals surface area contributed by atoms with E-state index in [0.717, 1.165) is 29.7 Å². The van der Waals surface area contributed by atoms with E-state index in [9.17, 15) is 9.90 Å². The van der Waals surface area contributed by atoms with Gasteiger partial charge in [0.15, 0.2) is 0 Å². The molecule has 6 heteroatoms. The Morgan fingerprint density at radius 2 is 1.86 bits per heavy atom. The predicted molar refractivity (Wildman–Crippen MR) is 111 cm³/mol. The average Bonchev–Trinajstić information content (AvgIpc) is 2.72. The second-order valence-electron chi connectivity index (χ2n) is 7.26. The predicted octanol–water partition coefficient (Wildman–Crippen LogP) is 1.84. The molecule has 0 unspecified atom stereocenters. The average molecular weight is 380 g/mol. The summed E-state index contributed by atoms with van der Waals surface area (Å²) in [6, 6.07) is 14.8. The molecule has 0 aliphatic carbocycles. The summed E-state index contributed by atoms with van der Waals surface area (Å²) in [4.78, 5) is 15.9. The summed E-state index contributed by atoms with van der Waals surface area (Å²) in [5.41, 5.74) is 3.07. The van der Waals surface area contributed by atoms with Crippen LogP contribution in [0.2, 0.25) is 0 Å². The molecule has 0 radical (unpaired) electrons. The summed E-state index contributed by atoms with van der Waals surface area (Å²) >= 11 is 0. The minimum Gasteiger partial charge on any atom is -0.508 e. The standard InChI is InChI=1S/C22H25N3O3/c1-2-24-9-11-25(12-10-24)18-5-3-17(4-6-18)23-15-16-13-22(27)28-21-14-19(26)7-8-20(16)21/h3-8,13-14,23,26H,2,9-12,15H2,1H3/p+1. The lowest BCUT2D eigenvalue weighted by Crippen LogP contribution is -3.14. The van der Waals surface area contributed by atoms with Crippen molar-refractivity contribution < 1.29 is 14.4 Å². The van der Waals surface area contributed by atoms with Crippen LogP contribution < -0.4 is 20.7 Å². The fourth-order valence-electron chi connectivity index (χ4n) is 3.79. The van der Waals surface area contributed by atoms with Crippen molar-refractivity contribution in [3.05, 3.63) is 64.5 Å². The Balaban J connectivity index is 1.44. The van der Waals surface area contributed by atoms with Gasteiger partial charge in [0.1, 0.15) is 11.3 Å². The molecule has 146 valence electrons. The highest BCUT2D eigenvalue weighted by molar-refractivity contribution is 5.81. The van der Waals surface area contributed by atoms with Crippen molar-refractivity contribution in [2.24, 2.45) is 0 Å². The SMILES string of the molecule is CC[NH+]1CCN(c2ccc(NCc3cc(=O)oc4cc(O)ccc34)cc2)CC1. The van der Waals surface area contributed by atoms with Gasteiger partial charge >= 0.3 is 5.63 Å². The van der Waals surface area contributed by atoms with Gasteiger partial charge in [-0.15, -0.1) is 0 Å². The summed E-state index contributed by atoms with van der Waals surface area (Å²) < 4.78 is 5.18. The number of fused-ring (bicyclic) bond motifs is 1. The van der Waals surface area contributed by atoms with E-state index < -0.39 is 5.63 Å². The second-order valence-corrected chi connectivity index (χ2v) is 7.26. The van der Waals surface area contributed by atoms with Gasteiger partial charge in [-0.3, -0.25) is 0 Å². The highest BCUT2D eigenvalue weighted by Crippen LogP contribution is 2.23. The maximum Gasteiger partial charge on any atom is 0.336 e. The third-order valence-electron chi connectivity index (χ3n) is 5.50. The van der Waals surface area contributed by atoms with Crippen LogP contribution in [0.5, 0.6) is 5.75 Å². The monoisotopic (exact) mass is 380 g/mol. The number of nitrogens with zero attached hydrogens (tertiary/aromatic N) is 1. The normalized spacial score (nSPS) is 15.1. The van der Waals surface area contributed by atoms with Crippen molar-refractivity contribution >= 4 is 22.3 Å². The molecular formula is C22H26N3O3+. The summed E-state index contributed by atoms with van der Waals surface area (Å²) in [6.07, 6.45) is 0. The summed E-state index contributed by atoms with van der Waals surface area (Å²) in [6.45, 7) is 8.51. The highest BCUT2D eigenvalue weighted by atomic mass is 16.4. The van der Waals surface area contributed by atoms with E-state index in [1.807, 2.05) is 0 Å². The molecule has 1 aromatic heterocycles. The molecule has 1 fully saturated rings. The third kappa shape index (κ3) is 3.97. The van der Waals surface area contributed by atoms with Gasteiger partial charge in [-0.2, -0.15) is 0 Å². The Morgan fingerprint density at radius 3 is 2.57 bits per heavy atom. The summed E-state index contributed by atoms with van der Waals surface area (Å²) in [5.74, 6) is 0.0812. The topological polar surface area (TPSA) is 70.2 Å². The molecule has 0 amide bonds. The van der Waals surface area contributed by atoms with Crippen LogP contribution in [0.3, 0.4) is 0 Å². The van der Waals surface area contributed by atoms with Gasteiger partial charge in [0.25, 0.3) is 0 Å². The molecule has 2 aromatic carbocycles. The van der Waals surface area contributed by atoms with Crippen LogP contribution in [0.4, 0.5) is 11.4 Å². The van der Waals surface area contributed by atoms with Gasteiger partial charge in [0.2, 0.25) is 0 Å². The first-order valence-electron chi connectivity index (χ1n) is 9.80. The minimum absolute atomic E-state index is 0.0812. The molecule has 0 atom stereocenters. The number of hydrogen-bond acceptors (Lipinski definition) is 5. The zero-order valence-electron chi connectivity index (χ0n) is 16.1. The number of likely N-dealkylation sites (N-methyl/N-ethyl adjacent to an activating group) is 1. The van der Waals surface area contributed by atoms with Gasteiger partial charge < -0.3 is 24.6 Å². The lowest BCUT2D eigenvalue weighted by molar-refractivity contribution is -0.898. The fourth-order valence-corrected chi connectivity index (χ4v) is 3.79. The third-order valence-corrected chi connectivity index (χ3v) is 5.50. The lowest BCUT2D eigenvalue weighted by atomic mass is 10.1. The fraction of sp³-hybridized carbons (Fsp3) is 0.318.